The quantitative estimate of drug-likeness (QED) is 0.891. The van der Waals surface area contributed by atoms with Crippen molar-refractivity contribution >= 4 is 27.4 Å². The van der Waals surface area contributed by atoms with E-state index in [9.17, 15) is 0 Å². The van der Waals surface area contributed by atoms with Gasteiger partial charge in [0, 0.05) is 11.4 Å². The van der Waals surface area contributed by atoms with E-state index in [-0.39, 0.29) is 5.41 Å². The fourth-order valence-corrected chi connectivity index (χ4v) is 2.71. The Morgan fingerprint density at radius 3 is 2.72 bits per heavy atom. The number of nitrogens with one attached hydrogen (secondary N) is 1. The molecule has 0 atom stereocenters. The van der Waals surface area contributed by atoms with Gasteiger partial charge in [0.25, 0.3) is 0 Å². The number of anilines is 1. The third-order valence-corrected chi connectivity index (χ3v) is 4.37. The Morgan fingerprint density at radius 1 is 1.33 bits per heavy atom. The Bertz CT molecular complexity index is 559. The van der Waals surface area contributed by atoms with Gasteiger partial charge in [-0.2, -0.15) is 0 Å². The molecule has 0 saturated carbocycles. The lowest BCUT2D eigenvalue weighted by Crippen LogP contribution is -2.31. The van der Waals surface area contributed by atoms with Gasteiger partial charge in [0.15, 0.2) is 0 Å². The van der Waals surface area contributed by atoms with Gasteiger partial charge < -0.3 is 11.1 Å². The summed E-state index contributed by atoms with van der Waals surface area (Å²) in [6.07, 6.45) is 1.62. The summed E-state index contributed by atoms with van der Waals surface area (Å²) in [6, 6.07) is 0. The summed E-state index contributed by atoms with van der Waals surface area (Å²) < 4.78 is 0. The average Bonchev–Trinajstić information content (AvgIpc) is 2.63. The van der Waals surface area contributed by atoms with E-state index in [0.717, 1.165) is 22.6 Å². The molecule has 2 aromatic rings. The first kappa shape index (κ1) is 13.2. The van der Waals surface area contributed by atoms with Crippen molar-refractivity contribution in [1.82, 2.24) is 9.97 Å². The predicted octanol–water partition coefficient (Wildman–Crippen LogP) is 2.70. The van der Waals surface area contributed by atoms with Crippen molar-refractivity contribution in [3.63, 3.8) is 0 Å². The van der Waals surface area contributed by atoms with Crippen LogP contribution in [0, 0.1) is 19.3 Å². The molecule has 5 heteroatoms. The normalized spacial score (nSPS) is 12.1. The molecule has 4 nitrogen and oxygen atoms in total. The van der Waals surface area contributed by atoms with E-state index in [4.69, 9.17) is 5.73 Å². The highest BCUT2D eigenvalue weighted by Crippen LogP contribution is 2.32. The fraction of sp³-hybridized carbons (Fsp3) is 0.538. The van der Waals surface area contributed by atoms with Gasteiger partial charge in [-0.15, -0.1) is 11.3 Å². The van der Waals surface area contributed by atoms with Crippen molar-refractivity contribution in [3.05, 3.63) is 16.8 Å². The largest absolute Gasteiger partial charge is 0.369 e. The van der Waals surface area contributed by atoms with Crippen LogP contribution >= 0.6 is 11.3 Å². The van der Waals surface area contributed by atoms with Gasteiger partial charge >= 0.3 is 0 Å². The molecule has 3 N–H and O–H groups in total. The highest BCUT2D eigenvalue weighted by Gasteiger charge is 2.17. The summed E-state index contributed by atoms with van der Waals surface area (Å²) in [4.78, 5) is 11.0. The highest BCUT2D eigenvalue weighted by molar-refractivity contribution is 7.18. The molecule has 18 heavy (non-hydrogen) atoms. The standard InChI is InChI=1S/C13H20N4S/c1-8-9(2)18-12-10(8)11(16-7-17-12)15-6-13(3,4)5-14/h7H,5-6,14H2,1-4H3,(H,15,16,17). The number of nitrogens with two attached hydrogens (primary N) is 1. The van der Waals surface area contributed by atoms with E-state index in [2.05, 4.69) is 43.0 Å². The van der Waals surface area contributed by atoms with Crippen molar-refractivity contribution in [1.29, 1.82) is 0 Å². The number of aryl methyl sites for hydroxylation is 2. The molecule has 0 fully saturated rings. The number of hydrogen-bond donors (Lipinski definition) is 2. The molecule has 2 rings (SSSR count). The first-order valence-electron chi connectivity index (χ1n) is 6.09. The van der Waals surface area contributed by atoms with Crippen LogP contribution in [0.2, 0.25) is 0 Å². The minimum Gasteiger partial charge on any atom is -0.369 e. The predicted molar refractivity (Wildman–Crippen MR) is 78.2 cm³/mol. The van der Waals surface area contributed by atoms with Gasteiger partial charge in [0.2, 0.25) is 0 Å². The minimum absolute atomic E-state index is 0.0657. The van der Waals surface area contributed by atoms with Gasteiger partial charge in [0.1, 0.15) is 17.0 Å². The Labute approximate surface area is 112 Å². The van der Waals surface area contributed by atoms with Crippen LogP contribution in [-0.2, 0) is 0 Å². The van der Waals surface area contributed by atoms with Crippen LogP contribution in [0.15, 0.2) is 6.33 Å². The molecule has 0 aromatic carbocycles. The lowest BCUT2D eigenvalue weighted by Gasteiger charge is -2.23. The van der Waals surface area contributed by atoms with Crippen molar-refractivity contribution in [2.75, 3.05) is 18.4 Å². The minimum atomic E-state index is 0.0657. The highest BCUT2D eigenvalue weighted by atomic mass is 32.1. The first-order valence-corrected chi connectivity index (χ1v) is 6.91. The van der Waals surface area contributed by atoms with E-state index in [1.54, 1.807) is 17.7 Å². The van der Waals surface area contributed by atoms with E-state index in [0.29, 0.717) is 6.54 Å². The van der Waals surface area contributed by atoms with Crippen molar-refractivity contribution in [3.8, 4) is 0 Å². The van der Waals surface area contributed by atoms with Gasteiger partial charge in [-0.1, -0.05) is 13.8 Å². The summed E-state index contributed by atoms with van der Waals surface area (Å²) in [5, 5.41) is 4.55. The zero-order valence-corrected chi connectivity index (χ0v) is 12.2. The Balaban J connectivity index is 2.34. The average molecular weight is 264 g/mol. The van der Waals surface area contributed by atoms with Crippen LogP contribution in [-0.4, -0.2) is 23.1 Å². The molecule has 0 amide bonds. The molecular formula is C13H20N4S. The molecule has 2 heterocycles. The molecule has 0 saturated heterocycles. The molecule has 0 aliphatic rings. The third-order valence-electron chi connectivity index (χ3n) is 3.25. The van der Waals surface area contributed by atoms with Crippen LogP contribution in [0.3, 0.4) is 0 Å². The third kappa shape index (κ3) is 2.47. The van der Waals surface area contributed by atoms with Gasteiger partial charge in [-0.05, 0) is 31.4 Å². The van der Waals surface area contributed by atoms with E-state index < -0.39 is 0 Å². The molecule has 0 spiro atoms. The molecule has 0 radical (unpaired) electrons. The fourth-order valence-electron chi connectivity index (χ4n) is 1.71. The summed E-state index contributed by atoms with van der Waals surface area (Å²) >= 11 is 1.72. The Kier molecular flexibility index (Phi) is 3.54. The number of nitrogens with zero attached hydrogens (tertiary/aromatic N) is 2. The van der Waals surface area contributed by atoms with Gasteiger partial charge in [-0.25, -0.2) is 9.97 Å². The van der Waals surface area contributed by atoms with E-state index in [1.807, 2.05) is 0 Å². The molecule has 98 valence electrons. The maximum atomic E-state index is 5.75. The van der Waals surface area contributed by atoms with E-state index in [1.165, 1.54) is 10.4 Å². The molecule has 0 aliphatic heterocycles. The van der Waals surface area contributed by atoms with Crippen molar-refractivity contribution < 1.29 is 0 Å². The number of fused-ring (bicyclic) bond motifs is 1. The Morgan fingerprint density at radius 2 is 2.06 bits per heavy atom. The second kappa shape index (κ2) is 4.82. The van der Waals surface area contributed by atoms with Gasteiger partial charge in [0.05, 0.1) is 5.39 Å². The summed E-state index contributed by atoms with van der Waals surface area (Å²) in [5.74, 6) is 0.920. The molecular weight excluding hydrogens is 244 g/mol. The smallest absolute Gasteiger partial charge is 0.138 e. The van der Waals surface area contributed by atoms with Crippen molar-refractivity contribution in [2.24, 2.45) is 11.1 Å². The summed E-state index contributed by atoms with van der Waals surface area (Å²) in [7, 11) is 0. The lowest BCUT2D eigenvalue weighted by atomic mass is 9.94. The number of aromatic nitrogens is 2. The zero-order chi connectivity index (χ0) is 13.3. The molecule has 0 bridgehead atoms. The van der Waals surface area contributed by atoms with Crippen LogP contribution in [0.4, 0.5) is 5.82 Å². The monoisotopic (exact) mass is 264 g/mol. The van der Waals surface area contributed by atoms with Crippen molar-refractivity contribution in [2.45, 2.75) is 27.7 Å². The maximum Gasteiger partial charge on any atom is 0.138 e. The maximum absolute atomic E-state index is 5.75. The Hall–Kier alpha value is -1.20. The number of thiophene rings is 1. The molecule has 0 aliphatic carbocycles. The topological polar surface area (TPSA) is 63.8 Å². The zero-order valence-electron chi connectivity index (χ0n) is 11.4. The van der Waals surface area contributed by atoms with Gasteiger partial charge in [-0.3, -0.25) is 0 Å². The molecule has 2 aromatic heterocycles. The number of rotatable bonds is 4. The van der Waals surface area contributed by atoms with Crippen LogP contribution in [0.1, 0.15) is 24.3 Å². The number of hydrogen-bond acceptors (Lipinski definition) is 5. The first-order chi connectivity index (χ1) is 8.44. The second-order valence-corrected chi connectivity index (χ2v) is 6.61. The van der Waals surface area contributed by atoms with Crippen LogP contribution in [0.25, 0.3) is 10.2 Å². The second-order valence-electron chi connectivity index (χ2n) is 5.41. The van der Waals surface area contributed by atoms with E-state index >= 15 is 0 Å². The molecule has 0 unspecified atom stereocenters. The summed E-state index contributed by atoms with van der Waals surface area (Å²) in [5.41, 5.74) is 7.08. The summed E-state index contributed by atoms with van der Waals surface area (Å²) in [6.45, 7) is 9.99. The lowest BCUT2D eigenvalue weighted by molar-refractivity contribution is 0.405. The van der Waals surface area contributed by atoms with Crippen LogP contribution in [0.5, 0.6) is 0 Å². The SMILES string of the molecule is Cc1sc2ncnc(NCC(C)(C)CN)c2c1C. The van der Waals surface area contributed by atoms with Crippen LogP contribution < -0.4 is 11.1 Å².